The van der Waals surface area contributed by atoms with Gasteiger partial charge >= 0.3 is 0 Å². The lowest BCUT2D eigenvalue weighted by Crippen LogP contribution is -2.40. The minimum absolute atomic E-state index is 0.550. The third kappa shape index (κ3) is 6.27. The third-order valence-corrected chi connectivity index (χ3v) is 4.69. The van der Waals surface area contributed by atoms with Crippen molar-refractivity contribution in [2.75, 3.05) is 32.7 Å². The molecule has 1 atom stereocenters. The zero-order chi connectivity index (χ0) is 14.3. The molecule has 0 aromatic rings. The molecule has 1 saturated heterocycles. The van der Waals surface area contributed by atoms with Gasteiger partial charge in [0, 0.05) is 13.1 Å². The van der Waals surface area contributed by atoms with Gasteiger partial charge in [-0.05, 0) is 62.6 Å². The molecule has 0 spiro atoms. The van der Waals surface area contributed by atoms with Crippen molar-refractivity contribution in [3.05, 3.63) is 0 Å². The van der Waals surface area contributed by atoms with Gasteiger partial charge in [0.05, 0.1) is 0 Å². The van der Waals surface area contributed by atoms with E-state index in [0.717, 1.165) is 11.8 Å². The zero-order valence-electron chi connectivity index (χ0n) is 14.0. The molecule has 19 heavy (non-hydrogen) atoms. The molecule has 0 radical (unpaired) electrons. The van der Waals surface area contributed by atoms with Crippen LogP contribution in [-0.4, -0.2) is 37.6 Å². The summed E-state index contributed by atoms with van der Waals surface area (Å²) in [5.41, 5.74) is 0.550. The molecule has 1 aliphatic heterocycles. The lowest BCUT2D eigenvalue weighted by molar-refractivity contribution is 0.146. The van der Waals surface area contributed by atoms with Gasteiger partial charge in [-0.2, -0.15) is 0 Å². The third-order valence-electron chi connectivity index (χ3n) is 4.69. The number of nitrogens with zero attached hydrogens (tertiary/aromatic N) is 1. The van der Waals surface area contributed by atoms with Crippen LogP contribution in [0.5, 0.6) is 0 Å². The normalized spacial score (nSPS) is 24.0. The summed E-state index contributed by atoms with van der Waals surface area (Å²) in [7, 11) is 0. The molecular formula is C17H36N2. The van der Waals surface area contributed by atoms with Crippen molar-refractivity contribution in [1.82, 2.24) is 10.2 Å². The minimum Gasteiger partial charge on any atom is -0.316 e. The fourth-order valence-electron chi connectivity index (χ4n) is 2.97. The summed E-state index contributed by atoms with van der Waals surface area (Å²) >= 11 is 0. The molecule has 1 unspecified atom stereocenters. The molecule has 1 heterocycles. The first-order chi connectivity index (χ1) is 8.97. The van der Waals surface area contributed by atoms with Gasteiger partial charge in [-0.25, -0.2) is 0 Å². The van der Waals surface area contributed by atoms with Crippen LogP contribution in [0.2, 0.25) is 0 Å². The van der Waals surface area contributed by atoms with Gasteiger partial charge in [-0.15, -0.1) is 0 Å². The maximum atomic E-state index is 3.57. The lowest BCUT2D eigenvalue weighted by Gasteiger charge is -2.35. The minimum atomic E-state index is 0.550. The summed E-state index contributed by atoms with van der Waals surface area (Å²) in [4.78, 5) is 2.75. The predicted molar refractivity (Wildman–Crippen MR) is 85.6 cm³/mol. The van der Waals surface area contributed by atoms with Gasteiger partial charge in [0.15, 0.2) is 0 Å². The fraction of sp³-hybridized carbons (Fsp3) is 1.00. The SMILES string of the molecule is CCC1(CN(CCC(C)C)CCC(C)C)CCNC1. The summed E-state index contributed by atoms with van der Waals surface area (Å²) in [6.45, 7) is 18.0. The number of nitrogens with one attached hydrogen (secondary N) is 1. The van der Waals surface area contributed by atoms with E-state index < -0.39 is 0 Å². The molecule has 0 amide bonds. The maximum absolute atomic E-state index is 3.57. The average molecular weight is 268 g/mol. The topological polar surface area (TPSA) is 15.3 Å². The Bertz CT molecular complexity index is 217. The van der Waals surface area contributed by atoms with Crippen molar-refractivity contribution in [2.45, 2.75) is 60.3 Å². The van der Waals surface area contributed by atoms with E-state index in [2.05, 4.69) is 44.8 Å². The highest BCUT2D eigenvalue weighted by Gasteiger charge is 2.33. The molecule has 1 N–H and O–H groups in total. The van der Waals surface area contributed by atoms with Crippen LogP contribution in [0, 0.1) is 17.3 Å². The smallest absolute Gasteiger partial charge is 0.00505 e. The zero-order valence-corrected chi connectivity index (χ0v) is 14.0. The van der Waals surface area contributed by atoms with Crippen molar-refractivity contribution in [1.29, 1.82) is 0 Å². The number of rotatable bonds is 9. The molecule has 1 rings (SSSR count). The summed E-state index contributed by atoms with van der Waals surface area (Å²) in [5, 5.41) is 3.57. The Kier molecular flexibility index (Phi) is 7.38. The van der Waals surface area contributed by atoms with Crippen LogP contribution in [0.15, 0.2) is 0 Å². The largest absolute Gasteiger partial charge is 0.316 e. The van der Waals surface area contributed by atoms with Gasteiger partial charge in [0.1, 0.15) is 0 Å². The van der Waals surface area contributed by atoms with Crippen LogP contribution in [-0.2, 0) is 0 Å². The van der Waals surface area contributed by atoms with E-state index in [-0.39, 0.29) is 0 Å². The Balaban J connectivity index is 2.50. The van der Waals surface area contributed by atoms with E-state index in [1.54, 1.807) is 0 Å². The van der Waals surface area contributed by atoms with Crippen LogP contribution in [0.3, 0.4) is 0 Å². The molecule has 1 aliphatic rings. The molecule has 1 fully saturated rings. The Morgan fingerprint density at radius 2 is 1.63 bits per heavy atom. The van der Waals surface area contributed by atoms with Crippen LogP contribution in [0.4, 0.5) is 0 Å². The average Bonchev–Trinajstić information content (AvgIpc) is 2.81. The molecule has 0 aromatic carbocycles. The Morgan fingerprint density at radius 3 is 2.00 bits per heavy atom. The quantitative estimate of drug-likeness (QED) is 0.685. The Morgan fingerprint density at radius 1 is 1.05 bits per heavy atom. The fourth-order valence-corrected chi connectivity index (χ4v) is 2.97. The van der Waals surface area contributed by atoms with Crippen LogP contribution in [0.1, 0.15) is 60.3 Å². The predicted octanol–water partition coefficient (Wildman–Crippen LogP) is 3.77. The summed E-state index contributed by atoms with van der Waals surface area (Å²) in [5.74, 6) is 1.64. The van der Waals surface area contributed by atoms with Gasteiger partial charge in [-0.3, -0.25) is 0 Å². The van der Waals surface area contributed by atoms with Crippen LogP contribution in [0.25, 0.3) is 0 Å². The molecule has 114 valence electrons. The van der Waals surface area contributed by atoms with Crippen molar-refractivity contribution < 1.29 is 0 Å². The second-order valence-corrected chi connectivity index (χ2v) is 7.42. The molecule has 0 aromatic heterocycles. The van der Waals surface area contributed by atoms with Gasteiger partial charge in [0.25, 0.3) is 0 Å². The van der Waals surface area contributed by atoms with E-state index in [1.165, 1.54) is 58.4 Å². The molecule has 0 saturated carbocycles. The van der Waals surface area contributed by atoms with Gasteiger partial charge < -0.3 is 10.2 Å². The van der Waals surface area contributed by atoms with E-state index in [1.807, 2.05) is 0 Å². The van der Waals surface area contributed by atoms with Crippen LogP contribution >= 0.6 is 0 Å². The highest BCUT2D eigenvalue weighted by atomic mass is 15.1. The highest BCUT2D eigenvalue weighted by Crippen LogP contribution is 2.30. The Labute approximate surface area is 121 Å². The van der Waals surface area contributed by atoms with Gasteiger partial charge in [-0.1, -0.05) is 34.6 Å². The molecule has 2 nitrogen and oxygen atoms in total. The van der Waals surface area contributed by atoms with Crippen molar-refractivity contribution in [3.63, 3.8) is 0 Å². The molecule has 0 aliphatic carbocycles. The van der Waals surface area contributed by atoms with Gasteiger partial charge in [0.2, 0.25) is 0 Å². The standard InChI is InChI=1S/C17H36N2/c1-6-17(9-10-18-13-17)14-19(11-7-15(2)3)12-8-16(4)5/h15-16,18H,6-14H2,1-5H3. The molecular weight excluding hydrogens is 232 g/mol. The Hall–Kier alpha value is -0.0800. The van der Waals surface area contributed by atoms with Crippen LogP contribution < -0.4 is 5.32 Å². The first-order valence-electron chi connectivity index (χ1n) is 8.40. The molecule has 2 heteroatoms. The first kappa shape index (κ1) is 17.0. The van der Waals surface area contributed by atoms with Crippen molar-refractivity contribution in [3.8, 4) is 0 Å². The maximum Gasteiger partial charge on any atom is 0.00505 e. The highest BCUT2D eigenvalue weighted by molar-refractivity contribution is 4.89. The first-order valence-corrected chi connectivity index (χ1v) is 8.40. The van der Waals surface area contributed by atoms with E-state index in [4.69, 9.17) is 0 Å². The number of hydrogen-bond donors (Lipinski definition) is 1. The van der Waals surface area contributed by atoms with E-state index in [0.29, 0.717) is 5.41 Å². The second kappa shape index (κ2) is 8.26. The summed E-state index contributed by atoms with van der Waals surface area (Å²) in [6.07, 6.45) is 5.36. The molecule has 0 bridgehead atoms. The van der Waals surface area contributed by atoms with E-state index >= 15 is 0 Å². The van der Waals surface area contributed by atoms with Crippen molar-refractivity contribution >= 4 is 0 Å². The van der Waals surface area contributed by atoms with E-state index in [9.17, 15) is 0 Å². The summed E-state index contributed by atoms with van der Waals surface area (Å²) in [6, 6.07) is 0. The lowest BCUT2D eigenvalue weighted by atomic mass is 9.83. The number of hydrogen-bond acceptors (Lipinski definition) is 2. The summed E-state index contributed by atoms with van der Waals surface area (Å²) < 4.78 is 0. The second-order valence-electron chi connectivity index (χ2n) is 7.42. The monoisotopic (exact) mass is 268 g/mol. The van der Waals surface area contributed by atoms with Crippen molar-refractivity contribution in [2.24, 2.45) is 17.3 Å².